The Morgan fingerprint density at radius 1 is 0.562 bits per heavy atom. The molecule has 0 bridgehead atoms. The molecule has 64 heavy (non-hydrogen) atoms. The van der Waals surface area contributed by atoms with Crippen LogP contribution in [0.5, 0.6) is 0 Å². The molecule has 0 atom stereocenters. The number of hydrogen-bond acceptors (Lipinski definition) is 8. The fraction of sp³-hybridized carbons (Fsp3) is 0.741. The lowest BCUT2D eigenvalue weighted by Crippen LogP contribution is -2.59. The van der Waals surface area contributed by atoms with E-state index in [-0.39, 0.29) is 69.3 Å². The van der Waals surface area contributed by atoms with Gasteiger partial charge in [0.2, 0.25) is 5.91 Å². The summed E-state index contributed by atoms with van der Waals surface area (Å²) in [5.74, 6) is -1.45. The maximum Gasteiger partial charge on any atom is 0.305 e. The second kappa shape index (κ2) is 37.5. The largest absolute Gasteiger partial charge is 0.463 e. The number of aromatic nitrogens is 1. The lowest BCUT2D eigenvalue weighted by Gasteiger charge is -2.33. The maximum absolute atomic E-state index is 13.8. The van der Waals surface area contributed by atoms with Crippen molar-refractivity contribution >= 4 is 34.7 Å². The number of nitrogens with zero attached hydrogens (tertiary/aromatic N) is 1. The fourth-order valence-electron chi connectivity index (χ4n) is 7.96. The van der Waals surface area contributed by atoms with Gasteiger partial charge in [-0.2, -0.15) is 0 Å². The van der Waals surface area contributed by atoms with Gasteiger partial charge in [0.25, 0.3) is 0 Å². The van der Waals surface area contributed by atoms with Crippen molar-refractivity contribution in [2.24, 2.45) is 0 Å². The van der Waals surface area contributed by atoms with E-state index >= 15 is 0 Å². The molecule has 0 spiro atoms. The van der Waals surface area contributed by atoms with Crippen LogP contribution >= 0.6 is 0 Å². The number of benzene rings is 1. The number of hydrogen-bond donors (Lipinski definition) is 2. The Hall–Kier alpha value is -3.66. The molecule has 0 fully saturated rings. The Balaban J connectivity index is 2.00. The van der Waals surface area contributed by atoms with Gasteiger partial charge in [0.1, 0.15) is 25.4 Å². The van der Waals surface area contributed by atoms with Crippen molar-refractivity contribution in [3.8, 4) is 0 Å². The van der Waals surface area contributed by atoms with Gasteiger partial charge in [0, 0.05) is 55.9 Å². The molecule has 0 unspecified atom stereocenters. The predicted octanol–water partition coefficient (Wildman–Crippen LogP) is 13.1. The molecular formula is C54H91N3O7. The molecule has 0 aliphatic heterocycles. The van der Waals surface area contributed by atoms with Crippen LogP contribution in [-0.2, 0) is 39.8 Å². The zero-order valence-electron chi connectivity index (χ0n) is 41.1. The summed E-state index contributed by atoms with van der Waals surface area (Å²) in [4.78, 5) is 58.5. The molecule has 364 valence electrons. The average molecular weight is 894 g/mol. The predicted molar refractivity (Wildman–Crippen MR) is 263 cm³/mol. The molecule has 2 N–H and O–H groups in total. The van der Waals surface area contributed by atoms with Crippen molar-refractivity contribution in [1.82, 2.24) is 15.2 Å². The molecule has 0 radical (unpaired) electrons. The SMILES string of the molecule is CCCCCCCC/C=C\CCCCCCCC(=O)OCC(COC(=O)CCCCCCCC)(COC(=O)CCCCCCCC)NC(=O)CCN(C)CCc1c[nH]c2ccccc12. The summed E-state index contributed by atoms with van der Waals surface area (Å²) in [5.41, 5.74) is 0.899. The zero-order valence-corrected chi connectivity index (χ0v) is 41.1. The third-order valence-electron chi connectivity index (χ3n) is 12.2. The number of carbonyl (C=O) groups excluding carboxylic acids is 4. The highest BCUT2D eigenvalue weighted by molar-refractivity contribution is 5.83. The van der Waals surface area contributed by atoms with Crippen LogP contribution in [0.2, 0.25) is 0 Å². The van der Waals surface area contributed by atoms with E-state index in [4.69, 9.17) is 14.2 Å². The first-order valence-corrected chi connectivity index (χ1v) is 25.9. The van der Waals surface area contributed by atoms with Gasteiger partial charge in [-0.3, -0.25) is 19.2 Å². The number of rotatable bonds is 42. The molecule has 0 saturated carbocycles. The summed E-state index contributed by atoms with van der Waals surface area (Å²) in [7, 11) is 1.99. The lowest BCUT2D eigenvalue weighted by molar-refractivity contribution is -0.159. The summed E-state index contributed by atoms with van der Waals surface area (Å²) < 4.78 is 17.5. The summed E-state index contributed by atoms with van der Waals surface area (Å²) >= 11 is 0. The number of fused-ring (bicyclic) bond motifs is 1. The molecule has 1 aromatic carbocycles. The highest BCUT2D eigenvalue weighted by Gasteiger charge is 2.37. The van der Waals surface area contributed by atoms with Gasteiger partial charge >= 0.3 is 17.9 Å². The zero-order chi connectivity index (χ0) is 46.4. The van der Waals surface area contributed by atoms with Crippen LogP contribution < -0.4 is 5.32 Å². The van der Waals surface area contributed by atoms with E-state index in [1.165, 1.54) is 68.7 Å². The minimum absolute atomic E-state index is 0.159. The highest BCUT2D eigenvalue weighted by atomic mass is 16.6. The van der Waals surface area contributed by atoms with Crippen LogP contribution in [-0.4, -0.2) is 79.2 Å². The summed E-state index contributed by atoms with van der Waals surface area (Å²) in [6.07, 6.45) is 36.0. The fourth-order valence-corrected chi connectivity index (χ4v) is 7.96. The van der Waals surface area contributed by atoms with Crippen LogP contribution in [0, 0.1) is 0 Å². The number of esters is 3. The molecule has 0 aliphatic carbocycles. The van der Waals surface area contributed by atoms with Crippen molar-refractivity contribution in [3.63, 3.8) is 0 Å². The van der Waals surface area contributed by atoms with Crippen LogP contribution in [0.3, 0.4) is 0 Å². The standard InChI is InChI=1S/C54H91N3O7/c1-5-8-11-14-17-18-19-20-21-22-23-24-25-28-31-38-53(61)64-46-54(44-62-51(59)36-29-26-15-12-9-6-2,45-63-52(60)37-30-27-16-13-10-7-3)56-50(58)40-42-57(4)41-39-47-43-55-49-35-33-32-34-48(47)49/h20-21,32-35,43,55H,5-19,22-31,36-42,44-46H2,1-4H3,(H,56,58)/b21-20-. The Bertz CT molecular complexity index is 1510. The Morgan fingerprint density at radius 3 is 1.45 bits per heavy atom. The van der Waals surface area contributed by atoms with Crippen LogP contribution in [0.15, 0.2) is 42.6 Å². The van der Waals surface area contributed by atoms with Gasteiger partial charge in [0.15, 0.2) is 0 Å². The van der Waals surface area contributed by atoms with Gasteiger partial charge in [-0.15, -0.1) is 0 Å². The minimum atomic E-state index is -1.43. The van der Waals surface area contributed by atoms with E-state index in [1.807, 2.05) is 25.4 Å². The number of unbranched alkanes of at least 4 members (excludes halogenated alkanes) is 21. The number of ether oxygens (including phenoxy) is 3. The number of likely N-dealkylation sites (N-methyl/N-ethyl adjacent to an activating group) is 1. The van der Waals surface area contributed by atoms with Gasteiger partial charge in [-0.05, 0) is 70.0 Å². The normalized spacial score (nSPS) is 11.8. The topological polar surface area (TPSA) is 127 Å². The van der Waals surface area contributed by atoms with Crippen molar-refractivity contribution in [2.75, 3.05) is 40.0 Å². The van der Waals surface area contributed by atoms with E-state index < -0.39 is 5.54 Å². The second-order valence-corrected chi connectivity index (χ2v) is 18.3. The van der Waals surface area contributed by atoms with Gasteiger partial charge in [0.05, 0.1) is 0 Å². The highest BCUT2D eigenvalue weighted by Crippen LogP contribution is 2.19. The van der Waals surface area contributed by atoms with Gasteiger partial charge < -0.3 is 29.4 Å². The van der Waals surface area contributed by atoms with E-state index in [0.29, 0.717) is 25.8 Å². The van der Waals surface area contributed by atoms with E-state index in [0.717, 1.165) is 102 Å². The molecule has 2 aromatic rings. The monoisotopic (exact) mass is 894 g/mol. The number of amides is 1. The number of nitrogens with one attached hydrogen (secondary N) is 2. The molecule has 0 saturated heterocycles. The third-order valence-corrected chi connectivity index (χ3v) is 12.2. The number of H-pyrrole nitrogens is 1. The van der Waals surface area contributed by atoms with Crippen molar-refractivity contribution in [1.29, 1.82) is 0 Å². The van der Waals surface area contributed by atoms with Crippen LogP contribution in [0.25, 0.3) is 10.9 Å². The number of allylic oxidation sites excluding steroid dienone is 2. The molecule has 1 heterocycles. The quantitative estimate of drug-likeness (QED) is 0.0292. The van der Waals surface area contributed by atoms with Crippen LogP contribution in [0.1, 0.15) is 213 Å². The summed E-state index contributed by atoms with van der Waals surface area (Å²) in [6, 6.07) is 8.23. The van der Waals surface area contributed by atoms with Gasteiger partial charge in [-0.1, -0.05) is 167 Å². The van der Waals surface area contributed by atoms with Crippen LogP contribution in [0.4, 0.5) is 0 Å². The van der Waals surface area contributed by atoms with Crippen molar-refractivity contribution in [2.45, 2.75) is 219 Å². The Morgan fingerprint density at radius 2 is 0.984 bits per heavy atom. The molecular weight excluding hydrogens is 803 g/mol. The Kier molecular flexibility index (Phi) is 33.1. The molecule has 0 aliphatic rings. The van der Waals surface area contributed by atoms with E-state index in [2.05, 4.69) is 60.3 Å². The van der Waals surface area contributed by atoms with E-state index in [9.17, 15) is 19.2 Å². The average Bonchev–Trinajstić information content (AvgIpc) is 3.72. The summed E-state index contributed by atoms with van der Waals surface area (Å²) in [6.45, 7) is 7.03. The first kappa shape index (κ1) is 56.5. The molecule has 1 aromatic heterocycles. The van der Waals surface area contributed by atoms with E-state index in [1.54, 1.807) is 0 Å². The number of aromatic amines is 1. The first-order chi connectivity index (χ1) is 31.2. The first-order valence-electron chi connectivity index (χ1n) is 25.9. The minimum Gasteiger partial charge on any atom is -0.463 e. The molecule has 2 rings (SSSR count). The van der Waals surface area contributed by atoms with Gasteiger partial charge in [-0.25, -0.2) is 0 Å². The molecule has 10 nitrogen and oxygen atoms in total. The summed E-state index contributed by atoms with van der Waals surface area (Å²) in [5, 5.41) is 4.24. The Labute approximate surface area is 389 Å². The second-order valence-electron chi connectivity index (χ2n) is 18.3. The molecule has 1 amide bonds. The number of para-hydroxylation sites is 1. The smallest absolute Gasteiger partial charge is 0.305 e. The lowest BCUT2D eigenvalue weighted by atomic mass is 10.0. The maximum atomic E-state index is 13.8. The third kappa shape index (κ3) is 28.3. The number of carbonyl (C=O) groups is 4. The van der Waals surface area contributed by atoms with Crippen molar-refractivity contribution in [3.05, 3.63) is 48.2 Å². The molecule has 10 heteroatoms. The van der Waals surface area contributed by atoms with Crippen molar-refractivity contribution < 1.29 is 33.4 Å².